The molecule has 1 heterocycles. The summed E-state index contributed by atoms with van der Waals surface area (Å²) in [6.07, 6.45) is 6.99. The lowest BCUT2D eigenvalue weighted by molar-refractivity contribution is -0.668. The monoisotopic (exact) mass is 240 g/mol. The number of hydrogen-bond donors (Lipinski definition) is 0. The number of pyridine rings is 1. The Labute approximate surface area is 110 Å². The molecule has 1 heteroatoms. The van der Waals surface area contributed by atoms with E-state index in [1.807, 2.05) is 6.08 Å². The predicted octanol–water partition coefficient (Wildman–Crippen LogP) is 4.05. The van der Waals surface area contributed by atoms with Crippen molar-refractivity contribution in [3.8, 4) is 0 Å². The third-order valence-electron chi connectivity index (χ3n) is 3.38. The van der Waals surface area contributed by atoms with Gasteiger partial charge in [-0.05, 0) is 24.6 Å². The molecule has 94 valence electrons. The van der Waals surface area contributed by atoms with Gasteiger partial charge in [-0.15, -0.1) is 0 Å². The van der Waals surface area contributed by atoms with Gasteiger partial charge in [0, 0.05) is 23.9 Å². The van der Waals surface area contributed by atoms with E-state index in [2.05, 4.69) is 54.5 Å². The molecule has 0 saturated carbocycles. The number of fused-ring (bicyclic) bond motifs is 1. The molecule has 0 fully saturated rings. The van der Waals surface area contributed by atoms with Gasteiger partial charge in [0.05, 0.1) is 0 Å². The first-order valence-electron chi connectivity index (χ1n) is 6.88. The zero-order chi connectivity index (χ0) is 12.8. The highest BCUT2D eigenvalue weighted by molar-refractivity contribution is 5.75. The topological polar surface area (TPSA) is 3.88 Å². The zero-order valence-electron chi connectivity index (χ0n) is 11.2. The van der Waals surface area contributed by atoms with Crippen molar-refractivity contribution in [1.29, 1.82) is 0 Å². The molecule has 0 atom stereocenters. The maximum absolute atomic E-state index is 3.88. The summed E-state index contributed by atoms with van der Waals surface area (Å²) >= 11 is 0. The smallest absolute Gasteiger partial charge is 0.192 e. The minimum absolute atomic E-state index is 0.892. The van der Waals surface area contributed by atoms with Gasteiger partial charge in [-0.2, -0.15) is 4.57 Å². The van der Waals surface area contributed by atoms with Crippen LogP contribution in [0.25, 0.3) is 10.9 Å². The second-order valence-corrected chi connectivity index (χ2v) is 4.74. The fourth-order valence-electron chi connectivity index (χ4n) is 2.42. The van der Waals surface area contributed by atoms with Crippen LogP contribution in [0, 0.1) is 0 Å². The molecular formula is C17H22N+. The number of benzene rings is 1. The van der Waals surface area contributed by atoms with Crippen LogP contribution in [0.4, 0.5) is 0 Å². The number of allylic oxidation sites excluding steroid dienone is 1. The van der Waals surface area contributed by atoms with E-state index in [-0.39, 0.29) is 0 Å². The average Bonchev–Trinajstić information content (AvgIpc) is 2.41. The Bertz CT molecular complexity index is 528. The molecule has 1 nitrogen and oxygen atoms in total. The molecule has 0 amide bonds. The summed E-state index contributed by atoms with van der Waals surface area (Å²) in [4.78, 5) is 0. The van der Waals surface area contributed by atoms with Gasteiger partial charge in [0.2, 0.25) is 5.52 Å². The van der Waals surface area contributed by atoms with Crippen molar-refractivity contribution in [2.24, 2.45) is 0 Å². The summed E-state index contributed by atoms with van der Waals surface area (Å²) in [6.45, 7) is 7.02. The maximum atomic E-state index is 3.88. The molecule has 18 heavy (non-hydrogen) atoms. The first-order valence-corrected chi connectivity index (χ1v) is 6.88. The van der Waals surface area contributed by atoms with Gasteiger partial charge in [-0.3, -0.25) is 0 Å². The molecule has 2 aromatic rings. The van der Waals surface area contributed by atoms with Crippen molar-refractivity contribution in [1.82, 2.24) is 0 Å². The summed E-state index contributed by atoms with van der Waals surface area (Å²) in [7, 11) is 0. The molecule has 0 N–H and O–H groups in total. The van der Waals surface area contributed by atoms with E-state index in [0.29, 0.717) is 0 Å². The molecule has 0 saturated heterocycles. The van der Waals surface area contributed by atoms with Crippen molar-refractivity contribution in [2.75, 3.05) is 0 Å². The van der Waals surface area contributed by atoms with Crippen LogP contribution in [0.15, 0.2) is 49.1 Å². The molecule has 1 aromatic heterocycles. The molecule has 0 unspecified atom stereocenters. The number of hydrogen-bond acceptors (Lipinski definition) is 0. The minimum Gasteiger partial charge on any atom is -0.192 e. The lowest BCUT2D eigenvalue weighted by Crippen LogP contribution is -2.38. The second kappa shape index (κ2) is 6.34. The van der Waals surface area contributed by atoms with Crippen molar-refractivity contribution in [3.05, 3.63) is 54.7 Å². The van der Waals surface area contributed by atoms with Gasteiger partial charge in [0.15, 0.2) is 12.2 Å². The van der Waals surface area contributed by atoms with Crippen LogP contribution in [0.1, 0.15) is 31.9 Å². The van der Waals surface area contributed by atoms with E-state index in [1.165, 1.54) is 35.9 Å². The van der Waals surface area contributed by atoms with Crippen molar-refractivity contribution < 1.29 is 4.57 Å². The molecule has 0 spiro atoms. The number of aryl methyl sites for hydroxylation is 1. The van der Waals surface area contributed by atoms with E-state index < -0.39 is 0 Å². The van der Waals surface area contributed by atoms with Gasteiger partial charge in [-0.25, -0.2) is 0 Å². The molecule has 0 aliphatic rings. The maximum Gasteiger partial charge on any atom is 0.212 e. The van der Waals surface area contributed by atoms with Gasteiger partial charge in [-0.1, -0.05) is 38.5 Å². The number of nitrogens with zero attached hydrogens (tertiary/aromatic N) is 1. The van der Waals surface area contributed by atoms with Crippen LogP contribution in [0.5, 0.6) is 0 Å². The van der Waals surface area contributed by atoms with Crippen molar-refractivity contribution >= 4 is 10.9 Å². The summed E-state index contributed by atoms with van der Waals surface area (Å²) in [5, 5.41) is 1.30. The Morgan fingerprint density at radius 2 is 1.94 bits per heavy atom. The molecular weight excluding hydrogens is 218 g/mol. The van der Waals surface area contributed by atoms with Crippen LogP contribution in [0.2, 0.25) is 0 Å². The lowest BCUT2D eigenvalue weighted by atomic mass is 10.1. The minimum atomic E-state index is 0.892. The Hall–Kier alpha value is -1.63. The first-order chi connectivity index (χ1) is 8.86. The second-order valence-electron chi connectivity index (χ2n) is 4.74. The van der Waals surface area contributed by atoms with E-state index in [1.54, 1.807) is 0 Å². The van der Waals surface area contributed by atoms with E-state index in [4.69, 9.17) is 0 Å². The van der Waals surface area contributed by atoms with Crippen LogP contribution in [-0.2, 0) is 13.0 Å². The normalized spacial score (nSPS) is 10.7. The predicted molar refractivity (Wildman–Crippen MR) is 77.6 cm³/mol. The molecule has 0 aliphatic carbocycles. The molecule has 1 aromatic carbocycles. The number of aromatic nitrogens is 1. The summed E-state index contributed by atoms with van der Waals surface area (Å²) < 4.78 is 2.39. The Kier molecular flexibility index (Phi) is 4.52. The Morgan fingerprint density at radius 3 is 2.72 bits per heavy atom. The Morgan fingerprint density at radius 1 is 1.11 bits per heavy atom. The zero-order valence-corrected chi connectivity index (χ0v) is 11.2. The molecule has 0 bridgehead atoms. The highest BCUT2D eigenvalue weighted by atomic mass is 15.0. The third kappa shape index (κ3) is 2.79. The summed E-state index contributed by atoms with van der Waals surface area (Å²) in [5.41, 5.74) is 2.73. The number of para-hydroxylation sites is 1. The highest BCUT2D eigenvalue weighted by Gasteiger charge is 2.13. The molecule has 0 aliphatic heterocycles. The van der Waals surface area contributed by atoms with Gasteiger partial charge >= 0.3 is 0 Å². The van der Waals surface area contributed by atoms with Crippen LogP contribution < -0.4 is 4.57 Å². The standard InChI is InChI=1S/C17H22N/c1-3-5-6-10-16-13-12-15-9-7-8-11-17(15)18(16)14-4-2/h4,7-9,11-13H,2-3,5-6,10,14H2,1H3/q+1. The summed E-state index contributed by atoms with van der Waals surface area (Å²) in [6, 6.07) is 13.1. The van der Waals surface area contributed by atoms with E-state index in [9.17, 15) is 0 Å². The SMILES string of the molecule is C=CC[n+]1c(CCCCC)ccc2ccccc21. The fourth-order valence-corrected chi connectivity index (χ4v) is 2.42. The van der Waals surface area contributed by atoms with Gasteiger partial charge in [0.25, 0.3) is 0 Å². The molecule has 0 radical (unpaired) electrons. The van der Waals surface area contributed by atoms with Crippen LogP contribution >= 0.6 is 0 Å². The lowest BCUT2D eigenvalue weighted by Gasteiger charge is -2.05. The van der Waals surface area contributed by atoms with E-state index in [0.717, 1.165) is 13.0 Å². The fraction of sp³-hybridized carbons (Fsp3) is 0.353. The third-order valence-corrected chi connectivity index (χ3v) is 3.38. The van der Waals surface area contributed by atoms with E-state index >= 15 is 0 Å². The number of rotatable bonds is 6. The van der Waals surface area contributed by atoms with Crippen LogP contribution in [0.3, 0.4) is 0 Å². The summed E-state index contributed by atoms with van der Waals surface area (Å²) in [5.74, 6) is 0. The quantitative estimate of drug-likeness (QED) is 0.407. The molecule has 2 rings (SSSR count). The average molecular weight is 240 g/mol. The number of unbranched alkanes of at least 4 members (excludes halogenated alkanes) is 2. The van der Waals surface area contributed by atoms with Gasteiger partial charge < -0.3 is 0 Å². The largest absolute Gasteiger partial charge is 0.212 e. The van der Waals surface area contributed by atoms with Gasteiger partial charge in [0.1, 0.15) is 0 Å². The Balaban J connectivity index is 2.38. The van der Waals surface area contributed by atoms with Crippen molar-refractivity contribution in [3.63, 3.8) is 0 Å². The first kappa shape index (κ1) is 12.8. The van der Waals surface area contributed by atoms with Crippen LogP contribution in [-0.4, -0.2) is 0 Å². The highest BCUT2D eigenvalue weighted by Crippen LogP contribution is 2.12. The van der Waals surface area contributed by atoms with Crippen molar-refractivity contribution in [2.45, 2.75) is 39.2 Å².